The zero-order chi connectivity index (χ0) is 19.5. The Hall–Kier alpha value is -2.24. The maximum atomic E-state index is 12.9. The van der Waals surface area contributed by atoms with Crippen LogP contribution in [-0.4, -0.2) is 68.0 Å². The van der Waals surface area contributed by atoms with E-state index >= 15 is 0 Å². The number of likely N-dealkylation sites (tertiary alicyclic amines) is 1. The number of rotatable bonds is 4. The highest BCUT2D eigenvalue weighted by Crippen LogP contribution is 2.42. The molecule has 4 rings (SSSR count). The molecule has 2 amide bonds. The Bertz CT molecular complexity index is 707. The zero-order valence-electron chi connectivity index (χ0n) is 16.8. The lowest BCUT2D eigenvalue weighted by molar-refractivity contribution is -0.138. The summed E-state index contributed by atoms with van der Waals surface area (Å²) in [4.78, 5) is 31.9. The molecule has 6 nitrogen and oxygen atoms in total. The average molecular weight is 386 g/mol. The SMILES string of the molecule is COc1ccccc1N1CCN(C(=O)C2CC2C(=O)N2CCCCCC2)CC1. The van der Waals surface area contributed by atoms with Gasteiger partial charge in [-0.15, -0.1) is 0 Å². The molecule has 3 fully saturated rings. The third-order valence-electron chi connectivity index (χ3n) is 6.36. The summed E-state index contributed by atoms with van der Waals surface area (Å²) in [5.74, 6) is 1.10. The second-order valence-corrected chi connectivity index (χ2v) is 8.17. The van der Waals surface area contributed by atoms with Crippen molar-refractivity contribution in [3.63, 3.8) is 0 Å². The van der Waals surface area contributed by atoms with Crippen LogP contribution in [0.1, 0.15) is 32.1 Å². The van der Waals surface area contributed by atoms with E-state index in [1.165, 1.54) is 12.8 Å². The highest BCUT2D eigenvalue weighted by atomic mass is 16.5. The molecule has 2 heterocycles. The maximum Gasteiger partial charge on any atom is 0.226 e. The van der Waals surface area contributed by atoms with E-state index in [2.05, 4.69) is 11.0 Å². The fourth-order valence-electron chi connectivity index (χ4n) is 4.56. The number of benzene rings is 1. The number of piperazine rings is 1. The Morgan fingerprint density at radius 1 is 0.821 bits per heavy atom. The maximum absolute atomic E-state index is 12.9. The quantitative estimate of drug-likeness (QED) is 0.799. The van der Waals surface area contributed by atoms with Gasteiger partial charge in [0.05, 0.1) is 24.6 Å². The molecule has 2 saturated heterocycles. The highest BCUT2D eigenvalue weighted by Gasteiger charge is 2.51. The lowest BCUT2D eigenvalue weighted by Crippen LogP contribution is -2.49. The Labute approximate surface area is 167 Å². The lowest BCUT2D eigenvalue weighted by atomic mass is 10.2. The molecule has 0 N–H and O–H groups in total. The zero-order valence-corrected chi connectivity index (χ0v) is 16.8. The molecule has 1 aromatic carbocycles. The first kappa shape index (κ1) is 19.1. The fraction of sp³-hybridized carbons (Fsp3) is 0.636. The van der Waals surface area contributed by atoms with Gasteiger partial charge in [-0.1, -0.05) is 25.0 Å². The minimum Gasteiger partial charge on any atom is -0.495 e. The second kappa shape index (κ2) is 8.41. The molecule has 152 valence electrons. The second-order valence-electron chi connectivity index (χ2n) is 8.17. The van der Waals surface area contributed by atoms with Gasteiger partial charge in [0.2, 0.25) is 11.8 Å². The first-order valence-corrected chi connectivity index (χ1v) is 10.6. The smallest absolute Gasteiger partial charge is 0.226 e. The van der Waals surface area contributed by atoms with Crippen molar-refractivity contribution in [1.82, 2.24) is 9.80 Å². The summed E-state index contributed by atoms with van der Waals surface area (Å²) in [5.41, 5.74) is 1.08. The van der Waals surface area contributed by atoms with Gasteiger partial charge >= 0.3 is 0 Å². The van der Waals surface area contributed by atoms with E-state index in [9.17, 15) is 9.59 Å². The lowest BCUT2D eigenvalue weighted by Gasteiger charge is -2.36. The molecule has 0 spiro atoms. The number of amides is 2. The van der Waals surface area contributed by atoms with Crippen LogP contribution in [-0.2, 0) is 9.59 Å². The number of carbonyl (C=O) groups is 2. The van der Waals surface area contributed by atoms with Gasteiger partial charge in [-0.3, -0.25) is 9.59 Å². The first-order valence-electron chi connectivity index (χ1n) is 10.6. The van der Waals surface area contributed by atoms with Crippen LogP contribution in [0.5, 0.6) is 5.75 Å². The molecule has 28 heavy (non-hydrogen) atoms. The van der Waals surface area contributed by atoms with Gasteiger partial charge in [-0.25, -0.2) is 0 Å². The number of methoxy groups -OCH3 is 1. The molecule has 1 aromatic rings. The van der Waals surface area contributed by atoms with E-state index in [1.54, 1.807) is 7.11 Å². The minimum absolute atomic E-state index is 0.0714. The van der Waals surface area contributed by atoms with E-state index in [4.69, 9.17) is 4.74 Å². The van der Waals surface area contributed by atoms with Crippen LogP contribution in [0.25, 0.3) is 0 Å². The van der Waals surface area contributed by atoms with Crippen molar-refractivity contribution in [2.45, 2.75) is 32.1 Å². The van der Waals surface area contributed by atoms with Crippen molar-refractivity contribution in [3.8, 4) is 5.75 Å². The summed E-state index contributed by atoms with van der Waals surface area (Å²) < 4.78 is 5.46. The number of carbonyl (C=O) groups excluding carboxylic acids is 2. The standard InChI is InChI=1S/C22H31N3O3/c1-28-20-9-5-4-8-19(20)23-12-14-25(15-13-23)22(27)18-16-17(18)21(26)24-10-6-2-3-7-11-24/h4-5,8-9,17-18H,2-3,6-7,10-16H2,1H3. The van der Waals surface area contributed by atoms with E-state index in [-0.39, 0.29) is 23.7 Å². The van der Waals surface area contributed by atoms with Gasteiger partial charge in [0.1, 0.15) is 5.75 Å². The van der Waals surface area contributed by atoms with Crippen LogP contribution in [0.2, 0.25) is 0 Å². The van der Waals surface area contributed by atoms with Gasteiger partial charge in [0.25, 0.3) is 0 Å². The number of hydrogen-bond acceptors (Lipinski definition) is 4. The van der Waals surface area contributed by atoms with Gasteiger partial charge in [0, 0.05) is 39.3 Å². The molecular formula is C22H31N3O3. The van der Waals surface area contributed by atoms with Crippen LogP contribution in [0.3, 0.4) is 0 Å². The summed E-state index contributed by atoms with van der Waals surface area (Å²) in [6, 6.07) is 8.01. The van der Waals surface area contributed by atoms with Crippen molar-refractivity contribution >= 4 is 17.5 Å². The molecule has 2 atom stereocenters. The fourth-order valence-corrected chi connectivity index (χ4v) is 4.56. The number of hydrogen-bond donors (Lipinski definition) is 0. The van der Waals surface area contributed by atoms with Crippen molar-refractivity contribution < 1.29 is 14.3 Å². The van der Waals surface area contributed by atoms with Crippen LogP contribution < -0.4 is 9.64 Å². The number of nitrogens with zero attached hydrogens (tertiary/aromatic N) is 3. The molecule has 3 aliphatic rings. The van der Waals surface area contributed by atoms with Crippen molar-refractivity contribution in [2.24, 2.45) is 11.8 Å². The predicted molar refractivity (Wildman–Crippen MR) is 108 cm³/mol. The van der Waals surface area contributed by atoms with E-state index < -0.39 is 0 Å². The summed E-state index contributed by atoms with van der Waals surface area (Å²) >= 11 is 0. The summed E-state index contributed by atoms with van der Waals surface area (Å²) in [5, 5.41) is 0. The molecule has 0 radical (unpaired) electrons. The Morgan fingerprint density at radius 3 is 2.00 bits per heavy atom. The van der Waals surface area contributed by atoms with Crippen molar-refractivity contribution in [2.75, 3.05) is 51.3 Å². The molecule has 1 aliphatic carbocycles. The molecule has 2 unspecified atom stereocenters. The Balaban J connectivity index is 1.29. The molecule has 2 aliphatic heterocycles. The number of anilines is 1. The number of ether oxygens (including phenoxy) is 1. The molecule has 1 saturated carbocycles. The van der Waals surface area contributed by atoms with E-state index in [0.29, 0.717) is 13.1 Å². The molecular weight excluding hydrogens is 354 g/mol. The largest absolute Gasteiger partial charge is 0.495 e. The van der Waals surface area contributed by atoms with Crippen molar-refractivity contribution in [1.29, 1.82) is 0 Å². The van der Waals surface area contributed by atoms with Crippen molar-refractivity contribution in [3.05, 3.63) is 24.3 Å². The topological polar surface area (TPSA) is 53.1 Å². The van der Waals surface area contributed by atoms with Crippen LogP contribution in [0.15, 0.2) is 24.3 Å². The summed E-state index contributed by atoms with van der Waals surface area (Å²) in [6.45, 7) is 4.74. The third kappa shape index (κ3) is 3.96. The van der Waals surface area contributed by atoms with Gasteiger partial charge < -0.3 is 19.4 Å². The molecule has 0 aromatic heterocycles. The first-order chi connectivity index (χ1) is 13.7. The predicted octanol–water partition coefficient (Wildman–Crippen LogP) is 2.38. The minimum atomic E-state index is -0.0893. The van der Waals surface area contributed by atoms with Crippen LogP contribution >= 0.6 is 0 Å². The normalized spacial score (nSPS) is 25.2. The Kier molecular flexibility index (Phi) is 5.74. The number of para-hydroxylation sites is 2. The highest BCUT2D eigenvalue weighted by molar-refractivity contribution is 5.92. The summed E-state index contributed by atoms with van der Waals surface area (Å²) in [6.07, 6.45) is 5.37. The van der Waals surface area contributed by atoms with E-state index in [0.717, 1.165) is 56.9 Å². The van der Waals surface area contributed by atoms with Crippen LogP contribution in [0, 0.1) is 11.8 Å². The average Bonchev–Trinajstić information content (AvgIpc) is 3.57. The van der Waals surface area contributed by atoms with Gasteiger partial charge in [-0.05, 0) is 31.4 Å². The van der Waals surface area contributed by atoms with Gasteiger partial charge in [0.15, 0.2) is 0 Å². The monoisotopic (exact) mass is 385 g/mol. The van der Waals surface area contributed by atoms with Crippen LogP contribution in [0.4, 0.5) is 5.69 Å². The van der Waals surface area contributed by atoms with Gasteiger partial charge in [-0.2, -0.15) is 0 Å². The Morgan fingerprint density at radius 2 is 1.39 bits per heavy atom. The third-order valence-corrected chi connectivity index (χ3v) is 6.36. The molecule has 0 bridgehead atoms. The van der Waals surface area contributed by atoms with E-state index in [1.807, 2.05) is 28.0 Å². The summed E-state index contributed by atoms with van der Waals surface area (Å²) in [7, 11) is 1.69. The molecule has 6 heteroatoms.